The zero-order chi connectivity index (χ0) is 18.8. The van der Waals surface area contributed by atoms with Gasteiger partial charge in [-0.25, -0.2) is 0 Å². The number of rotatable bonds is 11. The number of hydrogen-bond donors (Lipinski definition) is 2. The van der Waals surface area contributed by atoms with Crippen LogP contribution < -0.4 is 4.74 Å². The molecule has 2 rings (SSSR count). The first-order chi connectivity index (χ1) is 12.6. The Morgan fingerprint density at radius 2 is 1.73 bits per heavy atom. The summed E-state index contributed by atoms with van der Waals surface area (Å²) in [7, 11) is 0. The summed E-state index contributed by atoms with van der Waals surface area (Å²) >= 11 is 0. The first kappa shape index (κ1) is 20.4. The number of aliphatic hydroxyl groups is 2. The van der Waals surface area contributed by atoms with Crippen molar-refractivity contribution in [3.63, 3.8) is 0 Å². The molecule has 26 heavy (non-hydrogen) atoms. The number of benzene rings is 2. The molecule has 2 aromatic carbocycles. The number of aliphatic hydroxyl groups excluding tert-OH is 2. The molecule has 0 amide bonds. The van der Waals surface area contributed by atoms with E-state index in [0.717, 1.165) is 17.7 Å². The van der Waals surface area contributed by atoms with E-state index in [1.807, 2.05) is 41.3 Å². The Bertz CT molecular complexity index is 632. The van der Waals surface area contributed by atoms with Gasteiger partial charge in [0.2, 0.25) is 0 Å². The van der Waals surface area contributed by atoms with Crippen LogP contribution in [0.1, 0.15) is 37.3 Å². The Morgan fingerprint density at radius 3 is 2.42 bits per heavy atom. The minimum atomic E-state index is -0.616. The van der Waals surface area contributed by atoms with E-state index in [0.29, 0.717) is 25.6 Å². The second kappa shape index (κ2) is 11.0. The summed E-state index contributed by atoms with van der Waals surface area (Å²) in [5, 5.41) is 19.7. The van der Waals surface area contributed by atoms with Crippen molar-refractivity contribution in [2.45, 2.75) is 38.8 Å². The van der Waals surface area contributed by atoms with Crippen LogP contribution in [0.2, 0.25) is 0 Å². The van der Waals surface area contributed by atoms with Crippen LogP contribution in [0.5, 0.6) is 5.75 Å². The number of hydrogen-bond acceptors (Lipinski definition) is 4. The highest BCUT2D eigenvalue weighted by Crippen LogP contribution is 2.28. The third kappa shape index (κ3) is 6.45. The molecule has 2 N–H and O–H groups in total. The van der Waals surface area contributed by atoms with Crippen LogP contribution in [0.15, 0.2) is 54.6 Å². The molecule has 0 fully saturated rings. The molecule has 0 heterocycles. The third-order valence-electron chi connectivity index (χ3n) is 4.63. The van der Waals surface area contributed by atoms with E-state index in [4.69, 9.17) is 4.74 Å². The molecule has 0 unspecified atom stereocenters. The third-order valence-corrected chi connectivity index (χ3v) is 4.63. The average Bonchev–Trinajstić information content (AvgIpc) is 2.67. The van der Waals surface area contributed by atoms with Crippen molar-refractivity contribution in [1.29, 1.82) is 0 Å². The molecule has 2 aromatic rings. The quantitative estimate of drug-likeness (QED) is 0.647. The van der Waals surface area contributed by atoms with Gasteiger partial charge < -0.3 is 14.9 Å². The van der Waals surface area contributed by atoms with Gasteiger partial charge in [0.05, 0.1) is 6.61 Å². The highest BCUT2D eigenvalue weighted by Gasteiger charge is 2.15. The molecule has 2 atom stereocenters. The molecule has 0 spiro atoms. The first-order valence-electron chi connectivity index (χ1n) is 9.41. The lowest BCUT2D eigenvalue weighted by molar-refractivity contribution is 0.0586. The maximum Gasteiger partial charge on any atom is 0.122 e. The minimum Gasteiger partial charge on any atom is -0.491 e. The fourth-order valence-electron chi connectivity index (χ4n) is 2.99. The maximum atomic E-state index is 10.4. The smallest absolute Gasteiger partial charge is 0.122 e. The van der Waals surface area contributed by atoms with Gasteiger partial charge in [0.15, 0.2) is 0 Å². The van der Waals surface area contributed by atoms with Gasteiger partial charge in [-0.2, -0.15) is 0 Å². The van der Waals surface area contributed by atoms with Crippen molar-refractivity contribution >= 4 is 0 Å². The summed E-state index contributed by atoms with van der Waals surface area (Å²) in [5.41, 5.74) is 2.34. The van der Waals surface area contributed by atoms with Crippen LogP contribution >= 0.6 is 0 Å². The Labute approximate surface area is 157 Å². The molecule has 142 valence electrons. The van der Waals surface area contributed by atoms with Crippen molar-refractivity contribution in [2.75, 3.05) is 26.3 Å². The van der Waals surface area contributed by atoms with Crippen LogP contribution in [0.4, 0.5) is 0 Å². The fraction of sp³-hybridized carbons (Fsp3) is 0.455. The van der Waals surface area contributed by atoms with E-state index >= 15 is 0 Å². The lowest BCUT2D eigenvalue weighted by atomic mass is 9.98. The van der Waals surface area contributed by atoms with Crippen LogP contribution in [0, 0.1) is 0 Å². The van der Waals surface area contributed by atoms with E-state index in [2.05, 4.69) is 32.0 Å². The number of para-hydroxylation sites is 1. The Balaban J connectivity index is 1.91. The van der Waals surface area contributed by atoms with Crippen LogP contribution in [0.3, 0.4) is 0 Å². The van der Waals surface area contributed by atoms with E-state index in [-0.39, 0.29) is 13.2 Å². The van der Waals surface area contributed by atoms with Gasteiger partial charge in [-0.1, -0.05) is 62.4 Å². The molecule has 0 saturated heterocycles. The summed E-state index contributed by atoms with van der Waals surface area (Å²) in [6, 6.07) is 18.1. The summed E-state index contributed by atoms with van der Waals surface area (Å²) in [5.74, 6) is 1.27. The predicted molar refractivity (Wildman–Crippen MR) is 105 cm³/mol. The molecule has 4 heteroatoms. The zero-order valence-corrected chi connectivity index (χ0v) is 15.8. The van der Waals surface area contributed by atoms with Crippen molar-refractivity contribution in [1.82, 2.24) is 4.90 Å². The number of ether oxygens (including phenoxy) is 1. The maximum absolute atomic E-state index is 10.4. The topological polar surface area (TPSA) is 52.9 Å². The predicted octanol–water partition coefficient (Wildman–Crippen LogP) is 3.43. The van der Waals surface area contributed by atoms with Gasteiger partial charge in [-0.05, 0) is 29.5 Å². The van der Waals surface area contributed by atoms with Gasteiger partial charge in [-0.15, -0.1) is 0 Å². The van der Waals surface area contributed by atoms with Crippen molar-refractivity contribution < 1.29 is 14.9 Å². The lowest BCUT2D eigenvalue weighted by Gasteiger charge is -2.25. The van der Waals surface area contributed by atoms with Crippen molar-refractivity contribution in [2.24, 2.45) is 0 Å². The summed E-state index contributed by atoms with van der Waals surface area (Å²) < 4.78 is 5.91. The molecular formula is C22H31NO3. The molecule has 0 bridgehead atoms. The molecule has 0 saturated carbocycles. The number of nitrogens with zero attached hydrogens (tertiary/aromatic N) is 1. The summed E-state index contributed by atoms with van der Waals surface area (Å²) in [6.45, 7) is 6.33. The summed E-state index contributed by atoms with van der Waals surface area (Å²) in [6.07, 6.45) is 0.430. The minimum absolute atomic E-state index is 0.0667. The van der Waals surface area contributed by atoms with Crippen molar-refractivity contribution in [3.05, 3.63) is 65.7 Å². The molecule has 0 aliphatic heterocycles. The average molecular weight is 357 g/mol. The fourth-order valence-corrected chi connectivity index (χ4v) is 2.99. The highest BCUT2D eigenvalue weighted by atomic mass is 16.5. The van der Waals surface area contributed by atoms with Crippen LogP contribution in [0.25, 0.3) is 0 Å². The van der Waals surface area contributed by atoms with E-state index in [1.54, 1.807) is 0 Å². The SMILES string of the molecule is CC[C@H](C)c1ccccc1OC[C@@H](O)CN(CCO)Cc1ccccc1. The molecule has 0 aliphatic carbocycles. The molecule has 0 aromatic heterocycles. The van der Waals surface area contributed by atoms with Gasteiger partial charge in [0.25, 0.3) is 0 Å². The van der Waals surface area contributed by atoms with E-state index in [1.165, 1.54) is 5.56 Å². The highest BCUT2D eigenvalue weighted by molar-refractivity contribution is 5.35. The second-order valence-corrected chi connectivity index (χ2v) is 6.76. The second-order valence-electron chi connectivity index (χ2n) is 6.76. The monoisotopic (exact) mass is 357 g/mol. The normalized spacial score (nSPS) is 13.6. The van der Waals surface area contributed by atoms with E-state index < -0.39 is 6.10 Å². The molecule has 0 radical (unpaired) electrons. The Kier molecular flexibility index (Phi) is 8.62. The Hall–Kier alpha value is -1.88. The van der Waals surface area contributed by atoms with Crippen LogP contribution in [-0.4, -0.2) is 47.5 Å². The Morgan fingerprint density at radius 1 is 1.04 bits per heavy atom. The zero-order valence-electron chi connectivity index (χ0n) is 15.8. The van der Waals surface area contributed by atoms with Gasteiger partial charge in [0, 0.05) is 19.6 Å². The standard InChI is InChI=1S/C22H31NO3/c1-3-18(2)21-11-7-8-12-22(21)26-17-20(25)16-23(13-14-24)15-19-9-5-4-6-10-19/h4-12,18,20,24-25H,3,13-17H2,1-2H3/t18-,20-/m0/s1. The van der Waals surface area contributed by atoms with Gasteiger partial charge in [-0.3, -0.25) is 4.90 Å². The van der Waals surface area contributed by atoms with Crippen molar-refractivity contribution in [3.8, 4) is 5.75 Å². The molecule has 4 nitrogen and oxygen atoms in total. The largest absolute Gasteiger partial charge is 0.491 e. The summed E-state index contributed by atoms with van der Waals surface area (Å²) in [4.78, 5) is 2.05. The molecule has 0 aliphatic rings. The van der Waals surface area contributed by atoms with Crippen LogP contribution in [-0.2, 0) is 6.54 Å². The van der Waals surface area contributed by atoms with Gasteiger partial charge in [0.1, 0.15) is 18.5 Å². The first-order valence-corrected chi connectivity index (χ1v) is 9.41. The molecular weight excluding hydrogens is 326 g/mol. The van der Waals surface area contributed by atoms with Gasteiger partial charge >= 0.3 is 0 Å². The van der Waals surface area contributed by atoms with E-state index in [9.17, 15) is 10.2 Å². The lowest BCUT2D eigenvalue weighted by Crippen LogP contribution is -2.37.